The van der Waals surface area contributed by atoms with Gasteiger partial charge >= 0.3 is 0 Å². The Morgan fingerprint density at radius 2 is 2.29 bits per heavy atom. The van der Waals surface area contributed by atoms with Gasteiger partial charge in [-0.15, -0.1) is 0 Å². The number of ether oxygens (including phenoxy) is 1. The predicted molar refractivity (Wildman–Crippen MR) is 67.4 cm³/mol. The molecule has 1 heterocycles. The Morgan fingerprint density at radius 3 is 2.88 bits per heavy atom. The molecule has 0 radical (unpaired) electrons. The molecule has 1 unspecified atom stereocenters. The van der Waals surface area contributed by atoms with Gasteiger partial charge in [0.2, 0.25) is 0 Å². The van der Waals surface area contributed by atoms with E-state index in [1.165, 1.54) is 0 Å². The summed E-state index contributed by atoms with van der Waals surface area (Å²) >= 11 is 5.79. The van der Waals surface area contributed by atoms with Gasteiger partial charge in [0, 0.05) is 24.4 Å². The fourth-order valence-corrected chi connectivity index (χ4v) is 1.69. The molecule has 4 nitrogen and oxygen atoms in total. The minimum Gasteiger partial charge on any atom is -0.377 e. The Bertz CT molecular complexity index is 376. The summed E-state index contributed by atoms with van der Waals surface area (Å²) in [6.07, 6.45) is 0.00218. The smallest absolute Gasteiger partial charge is 0.251 e. The van der Waals surface area contributed by atoms with Gasteiger partial charge in [0.25, 0.3) is 5.91 Å². The number of nitrogens with one attached hydrogen (secondary N) is 1. The van der Waals surface area contributed by atoms with E-state index in [4.69, 9.17) is 16.3 Å². The van der Waals surface area contributed by atoms with Crippen LogP contribution in [0, 0.1) is 6.92 Å². The first-order chi connectivity index (χ1) is 8.02. The maximum absolute atomic E-state index is 11.8. The Balaban J connectivity index is 2.58. The maximum Gasteiger partial charge on any atom is 0.251 e. The van der Waals surface area contributed by atoms with Crippen molar-refractivity contribution in [3.8, 4) is 0 Å². The highest BCUT2D eigenvalue weighted by molar-refractivity contribution is 6.29. The van der Waals surface area contributed by atoms with Crippen LogP contribution in [0.3, 0.4) is 0 Å². The van der Waals surface area contributed by atoms with Crippen LogP contribution in [0.25, 0.3) is 0 Å². The van der Waals surface area contributed by atoms with Crippen molar-refractivity contribution in [3.05, 3.63) is 28.5 Å². The lowest BCUT2D eigenvalue weighted by Crippen LogP contribution is -2.32. The van der Waals surface area contributed by atoms with E-state index >= 15 is 0 Å². The number of aromatic nitrogens is 1. The van der Waals surface area contributed by atoms with Crippen molar-refractivity contribution in [3.63, 3.8) is 0 Å². The van der Waals surface area contributed by atoms with E-state index in [0.29, 0.717) is 23.9 Å². The minimum absolute atomic E-state index is 0.00218. The van der Waals surface area contributed by atoms with Crippen molar-refractivity contribution in [1.82, 2.24) is 10.3 Å². The normalized spacial score (nSPS) is 12.2. The van der Waals surface area contributed by atoms with E-state index in [1.807, 2.05) is 13.8 Å². The van der Waals surface area contributed by atoms with Gasteiger partial charge in [0.1, 0.15) is 5.15 Å². The van der Waals surface area contributed by atoms with Crippen LogP contribution in [-0.4, -0.2) is 30.1 Å². The quantitative estimate of drug-likeness (QED) is 0.822. The van der Waals surface area contributed by atoms with Crippen LogP contribution < -0.4 is 5.32 Å². The summed E-state index contributed by atoms with van der Waals surface area (Å²) in [6.45, 7) is 6.74. The van der Waals surface area contributed by atoms with Crippen LogP contribution in [0.5, 0.6) is 0 Å². The summed E-state index contributed by atoms with van der Waals surface area (Å²) in [5.41, 5.74) is 1.24. The lowest BCUT2D eigenvalue weighted by molar-refractivity contribution is 0.0695. The summed E-state index contributed by atoms with van der Waals surface area (Å²) in [5, 5.41) is 3.11. The molecular weight excluding hydrogens is 240 g/mol. The molecule has 1 aromatic heterocycles. The first-order valence-corrected chi connectivity index (χ1v) is 5.94. The monoisotopic (exact) mass is 256 g/mol. The van der Waals surface area contributed by atoms with E-state index in [9.17, 15) is 4.79 Å². The van der Waals surface area contributed by atoms with Gasteiger partial charge in [-0.2, -0.15) is 0 Å². The van der Waals surface area contributed by atoms with Crippen molar-refractivity contribution in [1.29, 1.82) is 0 Å². The molecule has 1 aromatic rings. The van der Waals surface area contributed by atoms with E-state index in [1.54, 1.807) is 19.1 Å². The van der Waals surface area contributed by atoms with Gasteiger partial charge < -0.3 is 10.1 Å². The molecule has 0 saturated carbocycles. The van der Waals surface area contributed by atoms with Crippen molar-refractivity contribution >= 4 is 17.5 Å². The maximum atomic E-state index is 11.8. The Morgan fingerprint density at radius 1 is 1.59 bits per heavy atom. The lowest BCUT2D eigenvalue weighted by Gasteiger charge is -2.12. The van der Waals surface area contributed by atoms with Gasteiger partial charge in [0.15, 0.2) is 0 Å². The Labute approximate surface area is 106 Å². The highest BCUT2D eigenvalue weighted by Gasteiger charge is 2.09. The number of halogens is 1. The van der Waals surface area contributed by atoms with Gasteiger partial charge in [-0.05, 0) is 32.9 Å². The fraction of sp³-hybridized carbons (Fsp3) is 0.500. The third-order valence-corrected chi connectivity index (χ3v) is 2.38. The summed E-state index contributed by atoms with van der Waals surface area (Å²) in [7, 11) is 0. The first kappa shape index (κ1) is 13.9. The molecule has 0 bridgehead atoms. The van der Waals surface area contributed by atoms with Crippen molar-refractivity contribution < 1.29 is 9.53 Å². The molecule has 5 heteroatoms. The highest BCUT2D eigenvalue weighted by atomic mass is 35.5. The minimum atomic E-state index is -0.163. The molecule has 0 saturated heterocycles. The molecule has 0 aliphatic rings. The van der Waals surface area contributed by atoms with Crippen molar-refractivity contribution in [2.75, 3.05) is 13.2 Å². The van der Waals surface area contributed by atoms with E-state index < -0.39 is 0 Å². The molecule has 1 rings (SSSR count). The molecule has 1 atom stereocenters. The number of amides is 1. The second kappa shape index (κ2) is 6.57. The van der Waals surface area contributed by atoms with Gasteiger partial charge in [-0.3, -0.25) is 4.79 Å². The van der Waals surface area contributed by atoms with Gasteiger partial charge in [-0.1, -0.05) is 11.6 Å². The van der Waals surface area contributed by atoms with Crippen molar-refractivity contribution in [2.45, 2.75) is 26.9 Å². The zero-order valence-electron chi connectivity index (χ0n) is 10.3. The molecule has 1 N–H and O–H groups in total. The van der Waals surface area contributed by atoms with Crippen LogP contribution in [0.1, 0.15) is 29.9 Å². The molecular formula is C12H17ClN2O2. The number of carbonyl (C=O) groups is 1. The first-order valence-electron chi connectivity index (χ1n) is 5.57. The number of carbonyl (C=O) groups excluding carboxylic acids is 1. The second-order valence-corrected chi connectivity index (χ2v) is 4.18. The molecule has 94 valence electrons. The zero-order valence-corrected chi connectivity index (χ0v) is 11.0. The fourth-order valence-electron chi connectivity index (χ4n) is 1.44. The number of hydrogen-bond donors (Lipinski definition) is 1. The number of pyridine rings is 1. The van der Waals surface area contributed by atoms with Crippen LogP contribution in [0.4, 0.5) is 0 Å². The Kier molecular flexibility index (Phi) is 5.38. The lowest BCUT2D eigenvalue weighted by atomic mass is 10.2. The summed E-state index contributed by atoms with van der Waals surface area (Å²) in [6, 6.07) is 3.25. The van der Waals surface area contributed by atoms with E-state index in [2.05, 4.69) is 10.3 Å². The van der Waals surface area contributed by atoms with Crippen molar-refractivity contribution in [2.24, 2.45) is 0 Å². The third-order valence-electron chi connectivity index (χ3n) is 2.19. The zero-order chi connectivity index (χ0) is 12.8. The van der Waals surface area contributed by atoms with Crippen LogP contribution in [0.15, 0.2) is 12.1 Å². The van der Waals surface area contributed by atoms with Crippen LogP contribution in [0.2, 0.25) is 5.15 Å². The highest BCUT2D eigenvalue weighted by Crippen LogP contribution is 2.10. The van der Waals surface area contributed by atoms with E-state index in [-0.39, 0.29) is 12.0 Å². The van der Waals surface area contributed by atoms with Gasteiger partial charge in [-0.25, -0.2) is 4.98 Å². The summed E-state index contributed by atoms with van der Waals surface area (Å²) < 4.78 is 5.32. The van der Waals surface area contributed by atoms with Crippen LogP contribution in [-0.2, 0) is 4.74 Å². The van der Waals surface area contributed by atoms with Crippen LogP contribution >= 0.6 is 11.6 Å². The molecule has 17 heavy (non-hydrogen) atoms. The number of nitrogens with zero attached hydrogens (tertiary/aromatic N) is 1. The Hall–Kier alpha value is -1.13. The molecule has 0 aliphatic carbocycles. The topological polar surface area (TPSA) is 51.2 Å². The molecule has 0 aliphatic heterocycles. The average molecular weight is 257 g/mol. The number of hydrogen-bond acceptors (Lipinski definition) is 3. The molecule has 0 aromatic carbocycles. The average Bonchev–Trinajstić information content (AvgIpc) is 2.25. The summed E-state index contributed by atoms with van der Waals surface area (Å²) in [5.74, 6) is -0.163. The standard InChI is InChI=1S/C12H17ClN2O2/c1-4-17-9(3)7-14-12(16)10-5-8(2)15-11(13)6-10/h5-6,9H,4,7H2,1-3H3,(H,14,16). The predicted octanol–water partition coefficient (Wildman–Crippen LogP) is 2.20. The molecule has 0 fully saturated rings. The second-order valence-electron chi connectivity index (χ2n) is 3.80. The number of rotatable bonds is 5. The molecule has 0 spiro atoms. The van der Waals surface area contributed by atoms with Gasteiger partial charge in [0.05, 0.1) is 6.10 Å². The third kappa shape index (κ3) is 4.71. The molecule has 1 amide bonds. The largest absolute Gasteiger partial charge is 0.377 e. The van der Waals surface area contributed by atoms with E-state index in [0.717, 1.165) is 5.69 Å². The number of aryl methyl sites for hydroxylation is 1. The SMILES string of the molecule is CCOC(C)CNC(=O)c1cc(C)nc(Cl)c1. The summed E-state index contributed by atoms with van der Waals surface area (Å²) in [4.78, 5) is 15.8.